The van der Waals surface area contributed by atoms with Crippen molar-refractivity contribution in [1.29, 1.82) is 0 Å². The van der Waals surface area contributed by atoms with E-state index in [1.54, 1.807) is 41.4 Å². The molecule has 5 nitrogen and oxygen atoms in total. The largest absolute Gasteiger partial charge is 0.322 e. The van der Waals surface area contributed by atoms with Crippen LogP contribution in [0.1, 0.15) is 27.6 Å². The van der Waals surface area contributed by atoms with Gasteiger partial charge < -0.3 is 10.2 Å². The van der Waals surface area contributed by atoms with Gasteiger partial charge >= 0.3 is 0 Å². The maximum Gasteiger partial charge on any atom is 0.261 e. The van der Waals surface area contributed by atoms with Crippen molar-refractivity contribution in [3.05, 3.63) is 77.5 Å². The molecule has 1 N–H and O–H groups in total. The molecular weight excluding hydrogens is 396 g/mol. The molecule has 2 amide bonds. The lowest BCUT2D eigenvalue weighted by Gasteiger charge is -2.21. The summed E-state index contributed by atoms with van der Waals surface area (Å²) >= 11 is 1.30. The Bertz CT molecular complexity index is 1120. The fourth-order valence-corrected chi connectivity index (χ4v) is 4.17. The lowest BCUT2D eigenvalue weighted by atomic mass is 10.1. The van der Waals surface area contributed by atoms with Crippen LogP contribution >= 0.6 is 11.8 Å². The van der Waals surface area contributed by atoms with Gasteiger partial charge in [-0.05, 0) is 49.4 Å². The topological polar surface area (TPSA) is 62.3 Å². The van der Waals surface area contributed by atoms with E-state index >= 15 is 0 Å². The SMILES string of the molecule is CCN1C(=O)c2cccnc2Sc2cc(NC(=O)c3c(F)cccc3F)ccc21. The van der Waals surface area contributed by atoms with Crippen molar-refractivity contribution in [3.63, 3.8) is 0 Å². The van der Waals surface area contributed by atoms with E-state index in [1.165, 1.54) is 17.8 Å². The second kappa shape index (κ2) is 7.63. The molecule has 0 spiro atoms. The number of hydrogen-bond acceptors (Lipinski definition) is 4. The second-order valence-electron chi connectivity index (χ2n) is 6.24. The van der Waals surface area contributed by atoms with Crippen molar-refractivity contribution in [3.8, 4) is 0 Å². The summed E-state index contributed by atoms with van der Waals surface area (Å²) in [7, 11) is 0. The van der Waals surface area contributed by atoms with Gasteiger partial charge in [0.1, 0.15) is 22.2 Å². The quantitative estimate of drug-likeness (QED) is 0.676. The summed E-state index contributed by atoms with van der Waals surface area (Å²) in [6.07, 6.45) is 1.60. The number of aromatic nitrogens is 1. The van der Waals surface area contributed by atoms with Crippen LogP contribution in [0.4, 0.5) is 20.2 Å². The molecule has 1 aliphatic heterocycles. The van der Waals surface area contributed by atoms with Crippen LogP contribution in [0.3, 0.4) is 0 Å². The average molecular weight is 411 g/mol. The molecule has 8 heteroatoms. The molecule has 0 radical (unpaired) electrons. The van der Waals surface area contributed by atoms with E-state index in [9.17, 15) is 18.4 Å². The van der Waals surface area contributed by atoms with Crippen LogP contribution in [0.25, 0.3) is 0 Å². The van der Waals surface area contributed by atoms with Crippen LogP contribution in [-0.4, -0.2) is 23.3 Å². The Hall–Kier alpha value is -3.26. The fourth-order valence-electron chi connectivity index (χ4n) is 3.11. The van der Waals surface area contributed by atoms with E-state index in [0.29, 0.717) is 33.4 Å². The molecule has 0 fully saturated rings. The number of nitrogens with zero attached hydrogens (tertiary/aromatic N) is 2. The number of rotatable bonds is 3. The van der Waals surface area contributed by atoms with Crippen LogP contribution in [-0.2, 0) is 0 Å². The third-order valence-corrected chi connectivity index (χ3v) is 5.53. The number of pyridine rings is 1. The van der Waals surface area contributed by atoms with Gasteiger partial charge in [0.25, 0.3) is 11.8 Å². The first-order valence-electron chi connectivity index (χ1n) is 8.83. The van der Waals surface area contributed by atoms with Crippen molar-refractivity contribution in [2.75, 3.05) is 16.8 Å². The van der Waals surface area contributed by atoms with Crippen molar-refractivity contribution in [1.82, 2.24) is 4.98 Å². The summed E-state index contributed by atoms with van der Waals surface area (Å²) in [6, 6.07) is 11.6. The molecule has 146 valence electrons. The Morgan fingerprint density at radius 3 is 2.62 bits per heavy atom. The molecule has 0 saturated heterocycles. The highest BCUT2D eigenvalue weighted by Crippen LogP contribution is 2.41. The predicted molar refractivity (Wildman–Crippen MR) is 106 cm³/mol. The Kier molecular flexibility index (Phi) is 5.02. The van der Waals surface area contributed by atoms with E-state index in [-0.39, 0.29) is 5.91 Å². The molecule has 0 aliphatic carbocycles. The number of carbonyl (C=O) groups is 2. The normalized spacial score (nSPS) is 12.8. The van der Waals surface area contributed by atoms with Gasteiger partial charge in [-0.3, -0.25) is 9.59 Å². The van der Waals surface area contributed by atoms with E-state index in [4.69, 9.17) is 0 Å². The van der Waals surface area contributed by atoms with Gasteiger partial charge in [-0.25, -0.2) is 13.8 Å². The van der Waals surface area contributed by atoms with Gasteiger partial charge in [-0.1, -0.05) is 17.8 Å². The first kappa shape index (κ1) is 19.1. The molecule has 2 heterocycles. The first-order valence-corrected chi connectivity index (χ1v) is 9.65. The zero-order valence-electron chi connectivity index (χ0n) is 15.3. The van der Waals surface area contributed by atoms with E-state index < -0.39 is 23.1 Å². The number of carbonyl (C=O) groups excluding carboxylic acids is 2. The molecule has 4 rings (SSSR count). The standard InChI is InChI=1S/C21H15F2N3O2S/c1-2-26-16-9-8-12(25-19(27)18-14(22)6-3-7-15(18)23)11-17(16)29-20-13(21(26)28)5-4-10-24-20/h3-11H,2H2,1H3,(H,25,27). The van der Waals surface area contributed by atoms with Crippen molar-refractivity contribution in [2.45, 2.75) is 16.8 Å². The third-order valence-electron chi connectivity index (χ3n) is 4.47. The Morgan fingerprint density at radius 1 is 1.14 bits per heavy atom. The minimum absolute atomic E-state index is 0.160. The molecule has 2 aromatic carbocycles. The molecule has 1 aromatic heterocycles. The smallest absolute Gasteiger partial charge is 0.261 e. The lowest BCUT2D eigenvalue weighted by Crippen LogP contribution is -2.30. The van der Waals surface area contributed by atoms with Crippen molar-refractivity contribution < 1.29 is 18.4 Å². The fraction of sp³-hybridized carbons (Fsp3) is 0.0952. The Morgan fingerprint density at radius 2 is 1.90 bits per heavy atom. The molecule has 0 bridgehead atoms. The molecular formula is C21H15F2N3O2S. The highest BCUT2D eigenvalue weighted by molar-refractivity contribution is 7.99. The summed E-state index contributed by atoms with van der Waals surface area (Å²) < 4.78 is 27.8. The predicted octanol–water partition coefficient (Wildman–Crippen LogP) is 4.74. The van der Waals surface area contributed by atoms with Gasteiger partial charge in [0.2, 0.25) is 0 Å². The number of anilines is 2. The average Bonchev–Trinajstić information content (AvgIpc) is 2.81. The molecule has 29 heavy (non-hydrogen) atoms. The van der Waals surface area contributed by atoms with Gasteiger partial charge in [0, 0.05) is 23.3 Å². The maximum absolute atomic E-state index is 13.9. The molecule has 0 atom stereocenters. The zero-order chi connectivity index (χ0) is 20.5. The molecule has 0 unspecified atom stereocenters. The van der Waals surface area contributed by atoms with Crippen LogP contribution < -0.4 is 10.2 Å². The number of amides is 2. The summed E-state index contributed by atoms with van der Waals surface area (Å²) in [6.45, 7) is 2.32. The van der Waals surface area contributed by atoms with Crippen LogP contribution in [0.2, 0.25) is 0 Å². The summed E-state index contributed by atoms with van der Waals surface area (Å²) in [5, 5.41) is 3.08. The number of benzene rings is 2. The van der Waals surface area contributed by atoms with Crippen LogP contribution in [0.15, 0.2) is 64.6 Å². The van der Waals surface area contributed by atoms with Gasteiger partial charge in [-0.15, -0.1) is 0 Å². The minimum Gasteiger partial charge on any atom is -0.322 e. The molecule has 3 aromatic rings. The second-order valence-corrected chi connectivity index (χ2v) is 7.27. The zero-order valence-corrected chi connectivity index (χ0v) is 16.1. The molecule has 1 aliphatic rings. The lowest BCUT2D eigenvalue weighted by molar-refractivity contribution is 0.0982. The van der Waals surface area contributed by atoms with Crippen LogP contribution in [0, 0.1) is 11.6 Å². The van der Waals surface area contributed by atoms with Crippen molar-refractivity contribution in [2.24, 2.45) is 0 Å². The van der Waals surface area contributed by atoms with Crippen molar-refractivity contribution >= 4 is 35.0 Å². The number of fused-ring (bicyclic) bond motifs is 2. The highest BCUT2D eigenvalue weighted by atomic mass is 32.2. The summed E-state index contributed by atoms with van der Waals surface area (Å²) in [5.74, 6) is -2.92. The first-order chi connectivity index (χ1) is 14.0. The maximum atomic E-state index is 13.9. The van der Waals surface area contributed by atoms with Crippen LogP contribution in [0.5, 0.6) is 0 Å². The summed E-state index contributed by atoms with van der Waals surface area (Å²) in [5.41, 5.74) is 0.879. The van der Waals surface area contributed by atoms with E-state index in [1.807, 2.05) is 6.92 Å². The van der Waals surface area contributed by atoms with E-state index in [2.05, 4.69) is 10.3 Å². The van der Waals surface area contributed by atoms with Gasteiger partial charge in [-0.2, -0.15) is 0 Å². The molecule has 0 saturated carbocycles. The minimum atomic E-state index is -0.937. The van der Waals surface area contributed by atoms with Gasteiger partial charge in [0.05, 0.1) is 11.3 Å². The van der Waals surface area contributed by atoms with E-state index in [0.717, 1.165) is 12.1 Å². The number of nitrogens with one attached hydrogen (secondary N) is 1. The third kappa shape index (κ3) is 3.47. The highest BCUT2D eigenvalue weighted by Gasteiger charge is 2.27. The number of halogens is 2. The Balaban J connectivity index is 1.71. The monoisotopic (exact) mass is 411 g/mol. The number of hydrogen-bond donors (Lipinski definition) is 1. The Labute approximate surface area is 169 Å². The summed E-state index contributed by atoms with van der Waals surface area (Å²) in [4.78, 5) is 31.9. The van der Waals surface area contributed by atoms with Gasteiger partial charge in [0.15, 0.2) is 0 Å².